The van der Waals surface area contributed by atoms with Crippen LogP contribution in [0.2, 0.25) is 0 Å². The van der Waals surface area contributed by atoms with E-state index < -0.39 is 11.7 Å². The number of fused-ring (bicyclic) bond motifs is 1. The fourth-order valence-corrected chi connectivity index (χ4v) is 3.59. The first-order chi connectivity index (χ1) is 12.1. The number of amides is 1. The number of likely N-dealkylation sites (N-methyl/N-ethyl adjacent to an activating group) is 1. The van der Waals surface area contributed by atoms with Crippen LogP contribution in [0.4, 0.5) is 0 Å². The molecule has 0 unspecified atom stereocenters. The Kier molecular flexibility index (Phi) is 5.41. The second-order valence-electron chi connectivity index (χ2n) is 6.63. The van der Waals surface area contributed by atoms with Crippen molar-refractivity contribution in [3.05, 3.63) is 40.8 Å². The minimum atomic E-state index is -0.574. The van der Waals surface area contributed by atoms with Crippen molar-refractivity contribution >= 4 is 16.9 Å². The Hall–Kier alpha value is -2.30. The van der Waals surface area contributed by atoms with Crippen LogP contribution in [-0.4, -0.2) is 29.5 Å². The predicted molar refractivity (Wildman–Crippen MR) is 96.8 cm³/mol. The van der Waals surface area contributed by atoms with Crippen LogP contribution < -0.4 is 10.4 Å². The summed E-state index contributed by atoms with van der Waals surface area (Å²) in [7, 11) is 0. The highest BCUT2D eigenvalue weighted by Crippen LogP contribution is 2.25. The number of hydrogen-bond acceptors (Lipinski definition) is 4. The zero-order valence-corrected chi connectivity index (χ0v) is 14.9. The first-order valence-electron chi connectivity index (χ1n) is 9.09. The largest absolute Gasteiger partial charge is 0.481 e. The molecule has 0 bridgehead atoms. The Bertz CT molecular complexity index is 792. The molecule has 5 heteroatoms. The SMILES string of the molecule is CCN(C(=O)[C@H](C)Oc1ccc2ccc(=O)oc2c1)C1CCCCC1. The van der Waals surface area contributed by atoms with Gasteiger partial charge in [-0.1, -0.05) is 19.3 Å². The number of ether oxygens (including phenoxy) is 1. The second kappa shape index (κ2) is 7.72. The van der Waals surface area contributed by atoms with Crippen molar-refractivity contribution in [3.8, 4) is 5.75 Å². The molecule has 1 aromatic heterocycles. The summed E-state index contributed by atoms with van der Waals surface area (Å²) >= 11 is 0. The molecule has 1 heterocycles. The maximum absolute atomic E-state index is 12.8. The summed E-state index contributed by atoms with van der Waals surface area (Å²) in [5.74, 6) is 0.548. The molecular formula is C20H25NO4. The van der Waals surface area contributed by atoms with E-state index in [-0.39, 0.29) is 5.91 Å². The van der Waals surface area contributed by atoms with Gasteiger partial charge in [0.05, 0.1) is 0 Å². The van der Waals surface area contributed by atoms with Crippen LogP contribution in [0.5, 0.6) is 5.75 Å². The number of rotatable bonds is 5. The summed E-state index contributed by atoms with van der Waals surface area (Å²) in [6.07, 6.45) is 5.22. The lowest BCUT2D eigenvalue weighted by Crippen LogP contribution is -2.47. The maximum atomic E-state index is 12.8. The van der Waals surface area contributed by atoms with Gasteiger partial charge in [-0.25, -0.2) is 4.79 Å². The van der Waals surface area contributed by atoms with Crippen molar-refractivity contribution in [2.75, 3.05) is 6.54 Å². The average Bonchev–Trinajstić information content (AvgIpc) is 2.62. The van der Waals surface area contributed by atoms with Crippen molar-refractivity contribution in [1.29, 1.82) is 0 Å². The molecule has 1 aliphatic carbocycles. The Morgan fingerprint density at radius 1 is 1.24 bits per heavy atom. The van der Waals surface area contributed by atoms with E-state index in [2.05, 4.69) is 0 Å². The van der Waals surface area contributed by atoms with Gasteiger partial charge in [-0.05, 0) is 44.9 Å². The van der Waals surface area contributed by atoms with E-state index in [4.69, 9.17) is 9.15 Å². The summed E-state index contributed by atoms with van der Waals surface area (Å²) in [4.78, 5) is 26.1. The minimum absolute atomic E-state index is 0.0176. The molecule has 1 amide bonds. The van der Waals surface area contributed by atoms with E-state index in [0.717, 1.165) is 18.2 Å². The Labute approximate surface area is 147 Å². The summed E-state index contributed by atoms with van der Waals surface area (Å²) < 4.78 is 11.0. The highest BCUT2D eigenvalue weighted by Gasteiger charge is 2.28. The molecule has 2 aromatic rings. The molecule has 0 aliphatic heterocycles. The molecular weight excluding hydrogens is 318 g/mol. The van der Waals surface area contributed by atoms with E-state index in [9.17, 15) is 9.59 Å². The molecule has 25 heavy (non-hydrogen) atoms. The second-order valence-corrected chi connectivity index (χ2v) is 6.63. The molecule has 1 fully saturated rings. The highest BCUT2D eigenvalue weighted by molar-refractivity contribution is 5.82. The molecule has 0 saturated heterocycles. The van der Waals surface area contributed by atoms with Crippen LogP contribution in [-0.2, 0) is 4.79 Å². The molecule has 0 radical (unpaired) electrons. The summed E-state index contributed by atoms with van der Waals surface area (Å²) in [5, 5.41) is 0.823. The molecule has 1 aromatic carbocycles. The van der Waals surface area contributed by atoms with E-state index in [0.29, 0.717) is 23.9 Å². The Balaban J connectivity index is 1.72. The molecule has 0 spiro atoms. The third-order valence-electron chi connectivity index (χ3n) is 4.89. The highest BCUT2D eigenvalue weighted by atomic mass is 16.5. The fraction of sp³-hybridized carbons (Fsp3) is 0.500. The first kappa shape index (κ1) is 17.5. The van der Waals surface area contributed by atoms with E-state index in [1.54, 1.807) is 25.1 Å². The number of hydrogen-bond donors (Lipinski definition) is 0. The molecule has 5 nitrogen and oxygen atoms in total. The Morgan fingerprint density at radius 3 is 2.68 bits per heavy atom. The van der Waals surface area contributed by atoms with Crippen LogP contribution in [0.1, 0.15) is 46.0 Å². The molecule has 134 valence electrons. The van der Waals surface area contributed by atoms with Gasteiger partial charge >= 0.3 is 5.63 Å². The van der Waals surface area contributed by atoms with Gasteiger partial charge in [0.25, 0.3) is 5.91 Å². The fourth-order valence-electron chi connectivity index (χ4n) is 3.59. The summed E-state index contributed by atoms with van der Waals surface area (Å²) in [6.45, 7) is 4.49. The lowest BCUT2D eigenvalue weighted by molar-refractivity contribution is -0.140. The van der Waals surface area contributed by atoms with Crippen LogP contribution >= 0.6 is 0 Å². The Morgan fingerprint density at radius 2 is 1.96 bits per heavy atom. The van der Waals surface area contributed by atoms with Gasteiger partial charge in [-0.15, -0.1) is 0 Å². The topological polar surface area (TPSA) is 59.8 Å². The van der Waals surface area contributed by atoms with Gasteiger partial charge in [0, 0.05) is 30.1 Å². The molecule has 1 saturated carbocycles. The monoisotopic (exact) mass is 343 g/mol. The van der Waals surface area contributed by atoms with Crippen LogP contribution in [0.3, 0.4) is 0 Å². The van der Waals surface area contributed by atoms with Crippen molar-refractivity contribution in [2.24, 2.45) is 0 Å². The lowest BCUT2D eigenvalue weighted by Gasteiger charge is -2.35. The van der Waals surface area contributed by atoms with Crippen molar-refractivity contribution in [1.82, 2.24) is 4.90 Å². The smallest absolute Gasteiger partial charge is 0.336 e. The number of carbonyl (C=O) groups is 1. The zero-order valence-electron chi connectivity index (χ0n) is 14.9. The quantitative estimate of drug-likeness (QED) is 0.776. The van der Waals surface area contributed by atoms with Crippen molar-refractivity contribution < 1.29 is 13.9 Å². The van der Waals surface area contributed by atoms with Gasteiger partial charge in [0.15, 0.2) is 6.10 Å². The van der Waals surface area contributed by atoms with Gasteiger partial charge in [0.1, 0.15) is 11.3 Å². The summed E-state index contributed by atoms with van der Waals surface area (Å²) in [5.41, 5.74) is 0.0625. The average molecular weight is 343 g/mol. The molecule has 0 N–H and O–H groups in total. The van der Waals surface area contributed by atoms with Crippen molar-refractivity contribution in [2.45, 2.75) is 58.1 Å². The van der Waals surface area contributed by atoms with Gasteiger partial charge in [-0.2, -0.15) is 0 Å². The van der Waals surface area contributed by atoms with E-state index >= 15 is 0 Å². The standard InChI is InChI=1S/C20H25NO4/c1-3-21(16-7-5-4-6-8-16)20(23)14(2)24-17-11-9-15-10-12-19(22)25-18(15)13-17/h9-14,16H,3-8H2,1-2H3/t14-/m0/s1. The number of nitrogens with zero attached hydrogens (tertiary/aromatic N) is 1. The van der Waals surface area contributed by atoms with Crippen LogP contribution in [0.15, 0.2) is 39.5 Å². The lowest BCUT2D eigenvalue weighted by atomic mass is 9.94. The predicted octanol–water partition coefficient (Wildman–Crippen LogP) is 3.74. The summed E-state index contributed by atoms with van der Waals surface area (Å²) in [6, 6.07) is 8.70. The molecule has 1 aliphatic rings. The van der Waals surface area contributed by atoms with E-state index in [1.165, 1.54) is 25.3 Å². The normalized spacial score (nSPS) is 16.6. The van der Waals surface area contributed by atoms with Crippen LogP contribution in [0.25, 0.3) is 11.0 Å². The first-order valence-corrected chi connectivity index (χ1v) is 9.09. The zero-order chi connectivity index (χ0) is 17.8. The third kappa shape index (κ3) is 4.03. The number of carbonyl (C=O) groups excluding carboxylic acids is 1. The molecule has 3 rings (SSSR count). The van der Waals surface area contributed by atoms with E-state index in [1.807, 2.05) is 17.9 Å². The van der Waals surface area contributed by atoms with Crippen LogP contribution in [0, 0.1) is 0 Å². The number of benzene rings is 1. The van der Waals surface area contributed by atoms with Gasteiger partial charge in [0.2, 0.25) is 0 Å². The minimum Gasteiger partial charge on any atom is -0.481 e. The molecule has 1 atom stereocenters. The van der Waals surface area contributed by atoms with Crippen molar-refractivity contribution in [3.63, 3.8) is 0 Å². The maximum Gasteiger partial charge on any atom is 0.336 e. The third-order valence-corrected chi connectivity index (χ3v) is 4.89. The van der Waals surface area contributed by atoms with Gasteiger partial charge in [-0.3, -0.25) is 4.79 Å². The van der Waals surface area contributed by atoms with Gasteiger partial charge < -0.3 is 14.1 Å².